The summed E-state index contributed by atoms with van der Waals surface area (Å²) in [7, 11) is 0. The Morgan fingerprint density at radius 3 is 2.69 bits per heavy atom. The monoisotopic (exact) mass is 447 g/mol. The Morgan fingerprint density at radius 2 is 1.97 bits per heavy atom. The van der Waals surface area contributed by atoms with Crippen molar-refractivity contribution in [1.82, 2.24) is 25.5 Å². The standard InChI is InChI=1S/C23H31F2N5O2/c1-22(32,23(24,25)18-10-5-4-6-11-18)16-15-19-12-9-14-21(31)30(19)17-8-3-2-7-13-20-26-28-29-27-20/h4-6,10-11,15-16,19,32H,2-3,7-9,12-14,17H2,1H3,(H,26,27,28,29)/t19-,22+/m1/s1. The van der Waals surface area contributed by atoms with Crippen LogP contribution in [-0.4, -0.2) is 54.7 Å². The first-order valence-electron chi connectivity index (χ1n) is 11.2. The number of aliphatic hydroxyl groups is 1. The number of unbranched alkanes of at least 4 members (excludes halogenated alkanes) is 3. The first-order chi connectivity index (χ1) is 15.3. The molecule has 0 unspecified atom stereocenters. The van der Waals surface area contributed by atoms with Crippen LogP contribution in [0.2, 0.25) is 0 Å². The van der Waals surface area contributed by atoms with Gasteiger partial charge in [0.1, 0.15) is 5.60 Å². The van der Waals surface area contributed by atoms with E-state index >= 15 is 0 Å². The van der Waals surface area contributed by atoms with Crippen molar-refractivity contribution in [2.45, 2.75) is 75.9 Å². The molecule has 2 N–H and O–H groups in total. The topological polar surface area (TPSA) is 95.0 Å². The number of alkyl halides is 2. The molecular weight excluding hydrogens is 416 g/mol. The van der Waals surface area contributed by atoms with Gasteiger partial charge in [-0.05, 0) is 38.7 Å². The van der Waals surface area contributed by atoms with E-state index in [1.165, 1.54) is 24.3 Å². The van der Waals surface area contributed by atoms with Crippen molar-refractivity contribution < 1.29 is 18.7 Å². The Labute approximate surface area is 186 Å². The number of carbonyl (C=O) groups excluding carboxylic acids is 1. The molecule has 1 amide bonds. The van der Waals surface area contributed by atoms with Gasteiger partial charge in [0.25, 0.3) is 0 Å². The van der Waals surface area contributed by atoms with Crippen molar-refractivity contribution >= 4 is 5.91 Å². The largest absolute Gasteiger partial charge is 0.379 e. The molecule has 174 valence electrons. The molecule has 0 aliphatic carbocycles. The van der Waals surface area contributed by atoms with Gasteiger partial charge in [-0.1, -0.05) is 54.5 Å². The fourth-order valence-electron chi connectivity index (χ4n) is 3.99. The summed E-state index contributed by atoms with van der Waals surface area (Å²) >= 11 is 0. The van der Waals surface area contributed by atoms with Gasteiger partial charge in [-0.15, -0.1) is 10.2 Å². The number of hydrogen-bond acceptors (Lipinski definition) is 5. The van der Waals surface area contributed by atoms with Crippen LogP contribution in [0.25, 0.3) is 0 Å². The van der Waals surface area contributed by atoms with Crippen LogP contribution >= 0.6 is 0 Å². The molecule has 2 atom stereocenters. The highest BCUT2D eigenvalue weighted by molar-refractivity contribution is 5.77. The number of nitrogens with one attached hydrogen (secondary N) is 1. The van der Waals surface area contributed by atoms with Crippen molar-refractivity contribution in [2.24, 2.45) is 0 Å². The summed E-state index contributed by atoms with van der Waals surface area (Å²) in [6, 6.07) is 7.02. The molecule has 3 rings (SSSR count). The summed E-state index contributed by atoms with van der Waals surface area (Å²) < 4.78 is 29.8. The Balaban J connectivity index is 1.54. The second kappa shape index (κ2) is 10.8. The highest BCUT2D eigenvalue weighted by Crippen LogP contribution is 2.40. The molecule has 1 aromatic heterocycles. The first kappa shape index (κ1) is 24.0. The third kappa shape index (κ3) is 5.97. The minimum absolute atomic E-state index is 0.0344. The molecule has 1 saturated heterocycles. The van der Waals surface area contributed by atoms with Crippen molar-refractivity contribution in [2.75, 3.05) is 6.54 Å². The Hall–Kier alpha value is -2.68. The molecule has 2 aromatic rings. The summed E-state index contributed by atoms with van der Waals surface area (Å²) in [4.78, 5) is 14.2. The molecular formula is C23H31F2N5O2. The van der Waals surface area contributed by atoms with Crippen molar-refractivity contribution in [3.05, 3.63) is 53.9 Å². The summed E-state index contributed by atoms with van der Waals surface area (Å²) in [5.74, 6) is -2.72. The number of halogens is 2. The molecule has 0 bridgehead atoms. The summed E-state index contributed by atoms with van der Waals surface area (Å²) in [6.45, 7) is 1.68. The maximum Gasteiger partial charge on any atom is 0.304 e. The zero-order valence-electron chi connectivity index (χ0n) is 18.4. The van der Waals surface area contributed by atoms with Crippen LogP contribution in [0.4, 0.5) is 8.78 Å². The smallest absolute Gasteiger partial charge is 0.304 e. The van der Waals surface area contributed by atoms with Crippen molar-refractivity contribution in [3.63, 3.8) is 0 Å². The number of aryl methyl sites for hydroxylation is 1. The maximum absolute atomic E-state index is 14.9. The fraction of sp³-hybridized carbons (Fsp3) is 0.565. The number of likely N-dealkylation sites (tertiary alicyclic amines) is 1. The van der Waals surface area contributed by atoms with Gasteiger partial charge < -0.3 is 10.0 Å². The van der Waals surface area contributed by atoms with Crippen LogP contribution in [0, 0.1) is 0 Å². The molecule has 1 fully saturated rings. The number of hydrogen-bond donors (Lipinski definition) is 2. The van der Waals surface area contributed by atoms with Gasteiger partial charge in [-0.2, -0.15) is 14.0 Å². The van der Waals surface area contributed by atoms with Gasteiger partial charge in [-0.25, -0.2) is 0 Å². The lowest BCUT2D eigenvalue weighted by Gasteiger charge is -2.35. The second-order valence-electron chi connectivity index (χ2n) is 8.49. The van der Waals surface area contributed by atoms with Gasteiger partial charge >= 0.3 is 5.92 Å². The molecule has 1 aliphatic heterocycles. The second-order valence-corrected chi connectivity index (χ2v) is 8.49. The maximum atomic E-state index is 14.9. The highest BCUT2D eigenvalue weighted by atomic mass is 19.3. The van der Waals surface area contributed by atoms with Gasteiger partial charge in [0.05, 0.1) is 6.04 Å². The van der Waals surface area contributed by atoms with Crippen LogP contribution in [-0.2, 0) is 17.1 Å². The number of aromatic amines is 1. The molecule has 7 nitrogen and oxygen atoms in total. The van der Waals surface area contributed by atoms with Crippen LogP contribution in [0.15, 0.2) is 42.5 Å². The lowest BCUT2D eigenvalue weighted by atomic mass is 9.89. The lowest BCUT2D eigenvalue weighted by Crippen LogP contribution is -2.45. The predicted octanol–water partition coefficient (Wildman–Crippen LogP) is 3.78. The molecule has 0 radical (unpaired) electrons. The number of rotatable bonds is 11. The zero-order chi connectivity index (χ0) is 23.0. The molecule has 0 saturated carbocycles. The van der Waals surface area contributed by atoms with Crippen LogP contribution < -0.4 is 0 Å². The van der Waals surface area contributed by atoms with E-state index in [0.29, 0.717) is 31.6 Å². The van der Waals surface area contributed by atoms with E-state index in [0.717, 1.165) is 45.1 Å². The number of nitrogens with zero attached hydrogens (tertiary/aromatic N) is 4. The van der Waals surface area contributed by atoms with E-state index in [-0.39, 0.29) is 17.5 Å². The quantitative estimate of drug-likeness (QED) is 0.404. The highest BCUT2D eigenvalue weighted by Gasteiger charge is 2.48. The summed E-state index contributed by atoms with van der Waals surface area (Å²) in [5.41, 5.74) is -2.61. The number of aromatic nitrogens is 4. The van der Waals surface area contributed by atoms with Crippen molar-refractivity contribution in [3.8, 4) is 0 Å². The third-order valence-electron chi connectivity index (χ3n) is 5.96. The van der Waals surface area contributed by atoms with E-state index in [4.69, 9.17) is 0 Å². The number of H-pyrrole nitrogens is 1. The van der Waals surface area contributed by atoms with Gasteiger partial charge in [0, 0.05) is 24.9 Å². The summed E-state index contributed by atoms with van der Waals surface area (Å²) in [6.07, 6.45) is 9.07. The zero-order valence-corrected chi connectivity index (χ0v) is 18.4. The predicted molar refractivity (Wildman–Crippen MR) is 116 cm³/mol. The molecule has 32 heavy (non-hydrogen) atoms. The first-order valence-corrected chi connectivity index (χ1v) is 11.2. The third-order valence-corrected chi connectivity index (χ3v) is 5.96. The van der Waals surface area contributed by atoms with Crippen LogP contribution in [0.3, 0.4) is 0 Å². The van der Waals surface area contributed by atoms with Gasteiger partial charge in [-0.3, -0.25) is 4.79 Å². The Kier molecular flexibility index (Phi) is 8.06. The van der Waals surface area contributed by atoms with E-state index in [2.05, 4.69) is 20.6 Å². The van der Waals surface area contributed by atoms with Crippen molar-refractivity contribution in [1.29, 1.82) is 0 Å². The van der Waals surface area contributed by atoms with E-state index in [9.17, 15) is 18.7 Å². The Morgan fingerprint density at radius 1 is 1.22 bits per heavy atom. The average Bonchev–Trinajstić information content (AvgIpc) is 3.30. The average molecular weight is 448 g/mol. The Bertz CT molecular complexity index is 872. The van der Waals surface area contributed by atoms with Gasteiger partial charge in [0.2, 0.25) is 5.91 Å². The van der Waals surface area contributed by atoms with Crippen LogP contribution in [0.5, 0.6) is 0 Å². The van der Waals surface area contributed by atoms with E-state index in [1.807, 2.05) is 0 Å². The number of carbonyl (C=O) groups is 1. The minimum atomic E-state index is -3.45. The summed E-state index contributed by atoms with van der Waals surface area (Å²) in [5, 5.41) is 24.4. The lowest BCUT2D eigenvalue weighted by molar-refractivity contribution is -0.152. The number of piperidine rings is 1. The number of benzene rings is 1. The minimum Gasteiger partial charge on any atom is -0.379 e. The van der Waals surface area contributed by atoms with Gasteiger partial charge in [0.15, 0.2) is 5.82 Å². The molecule has 1 aliphatic rings. The normalized spacial score (nSPS) is 19.4. The number of tetrazole rings is 1. The molecule has 2 heterocycles. The fourth-order valence-corrected chi connectivity index (χ4v) is 3.99. The van der Waals surface area contributed by atoms with E-state index in [1.54, 1.807) is 17.0 Å². The molecule has 9 heteroatoms. The van der Waals surface area contributed by atoms with Crippen LogP contribution in [0.1, 0.15) is 63.3 Å². The number of amides is 1. The molecule has 1 aromatic carbocycles. The van der Waals surface area contributed by atoms with E-state index < -0.39 is 11.5 Å². The SMILES string of the molecule is C[C@](O)(C=C[C@H]1CCCC(=O)N1CCCCCCc1nn[nH]n1)C(F)(F)c1ccccc1. The molecule has 0 spiro atoms.